The molecule has 24 heavy (non-hydrogen) atoms. The lowest BCUT2D eigenvalue weighted by atomic mass is 9.93. The molecule has 0 amide bonds. The molecule has 3 aromatic carbocycles. The van der Waals surface area contributed by atoms with Gasteiger partial charge in [-0.15, -0.1) is 0 Å². The van der Waals surface area contributed by atoms with Gasteiger partial charge in [-0.05, 0) is 46.5 Å². The van der Waals surface area contributed by atoms with Crippen molar-refractivity contribution in [3.05, 3.63) is 59.7 Å². The molecule has 3 aromatic rings. The fourth-order valence-electron chi connectivity index (χ4n) is 3.13. The van der Waals surface area contributed by atoms with Crippen molar-refractivity contribution >= 4 is 17.1 Å². The predicted molar refractivity (Wildman–Crippen MR) is 97.0 cm³/mol. The molecular formula is C21H20O3. The Bertz CT molecular complexity index is 872. The second-order valence-electron chi connectivity index (χ2n) is 5.72. The van der Waals surface area contributed by atoms with Gasteiger partial charge in [-0.3, -0.25) is 0 Å². The standard InChI is InChI=1S/C21H20O3/c1-14-6-4-8-17-16(14)7-5-9-18(17)21-19(23-2)12-15(10-11-22)13-20(21)24-3/h4-9,11-13H,10H2,1-3H3. The summed E-state index contributed by atoms with van der Waals surface area (Å²) in [6, 6.07) is 16.3. The third-order valence-corrected chi connectivity index (χ3v) is 4.29. The first-order valence-electron chi connectivity index (χ1n) is 7.86. The van der Waals surface area contributed by atoms with Crippen molar-refractivity contribution in [1.29, 1.82) is 0 Å². The summed E-state index contributed by atoms with van der Waals surface area (Å²) in [5, 5.41) is 2.35. The summed E-state index contributed by atoms with van der Waals surface area (Å²) < 4.78 is 11.2. The average molecular weight is 320 g/mol. The van der Waals surface area contributed by atoms with Crippen LogP contribution in [0.25, 0.3) is 21.9 Å². The van der Waals surface area contributed by atoms with Crippen molar-refractivity contribution in [2.45, 2.75) is 13.3 Å². The van der Waals surface area contributed by atoms with Crippen LogP contribution >= 0.6 is 0 Å². The molecule has 3 heteroatoms. The number of aldehydes is 1. The van der Waals surface area contributed by atoms with Crippen LogP contribution in [-0.2, 0) is 11.2 Å². The first-order valence-corrected chi connectivity index (χ1v) is 7.86. The molecule has 0 N–H and O–H groups in total. The third kappa shape index (κ3) is 2.73. The van der Waals surface area contributed by atoms with E-state index in [1.807, 2.05) is 18.2 Å². The summed E-state index contributed by atoms with van der Waals surface area (Å²) in [6.45, 7) is 2.10. The molecule has 122 valence electrons. The molecule has 0 aromatic heterocycles. The van der Waals surface area contributed by atoms with E-state index >= 15 is 0 Å². The number of methoxy groups -OCH3 is 2. The minimum atomic E-state index is 0.335. The summed E-state index contributed by atoms with van der Waals surface area (Å²) in [5.41, 5.74) is 4.07. The Balaban J connectivity index is 2.33. The van der Waals surface area contributed by atoms with Crippen LogP contribution < -0.4 is 9.47 Å². The van der Waals surface area contributed by atoms with Crippen molar-refractivity contribution in [3.8, 4) is 22.6 Å². The van der Waals surface area contributed by atoms with Crippen molar-refractivity contribution in [2.75, 3.05) is 14.2 Å². The quantitative estimate of drug-likeness (QED) is 0.646. The van der Waals surface area contributed by atoms with Crippen molar-refractivity contribution < 1.29 is 14.3 Å². The van der Waals surface area contributed by atoms with E-state index in [0.29, 0.717) is 17.9 Å². The first kappa shape index (κ1) is 16.1. The van der Waals surface area contributed by atoms with Gasteiger partial charge in [-0.1, -0.05) is 36.4 Å². The average Bonchev–Trinajstić information content (AvgIpc) is 2.61. The van der Waals surface area contributed by atoms with E-state index in [1.165, 1.54) is 10.9 Å². The van der Waals surface area contributed by atoms with E-state index in [4.69, 9.17) is 9.47 Å². The number of aryl methyl sites for hydroxylation is 1. The second kappa shape index (κ2) is 6.75. The summed E-state index contributed by atoms with van der Waals surface area (Å²) >= 11 is 0. The highest BCUT2D eigenvalue weighted by molar-refractivity contribution is 6.01. The normalized spacial score (nSPS) is 10.6. The van der Waals surface area contributed by atoms with Gasteiger partial charge in [-0.25, -0.2) is 0 Å². The molecule has 0 spiro atoms. The number of fused-ring (bicyclic) bond motifs is 1. The van der Waals surface area contributed by atoms with E-state index in [1.54, 1.807) is 14.2 Å². The van der Waals surface area contributed by atoms with E-state index in [-0.39, 0.29) is 0 Å². The SMILES string of the molecule is COc1cc(CC=O)cc(OC)c1-c1cccc2c(C)cccc12. The molecule has 0 atom stereocenters. The van der Waals surface area contributed by atoms with Gasteiger partial charge in [0, 0.05) is 6.42 Å². The van der Waals surface area contributed by atoms with E-state index in [2.05, 4.69) is 37.3 Å². The van der Waals surface area contributed by atoms with Gasteiger partial charge in [0.1, 0.15) is 17.8 Å². The molecule has 0 aliphatic heterocycles. The van der Waals surface area contributed by atoms with Crippen LogP contribution in [0.2, 0.25) is 0 Å². The fraction of sp³-hybridized carbons (Fsp3) is 0.190. The Morgan fingerprint density at radius 3 is 2.17 bits per heavy atom. The maximum Gasteiger partial charge on any atom is 0.130 e. The molecule has 0 saturated heterocycles. The van der Waals surface area contributed by atoms with Gasteiger partial charge < -0.3 is 14.3 Å². The molecule has 0 unspecified atom stereocenters. The molecule has 0 aliphatic rings. The summed E-state index contributed by atoms with van der Waals surface area (Å²) in [5.74, 6) is 1.42. The maximum atomic E-state index is 10.9. The van der Waals surface area contributed by atoms with E-state index in [0.717, 1.165) is 28.4 Å². The monoisotopic (exact) mass is 320 g/mol. The summed E-state index contributed by atoms with van der Waals surface area (Å²) in [6.07, 6.45) is 1.22. The summed E-state index contributed by atoms with van der Waals surface area (Å²) in [7, 11) is 3.28. The molecule has 0 fully saturated rings. The van der Waals surface area contributed by atoms with Gasteiger partial charge in [-0.2, -0.15) is 0 Å². The first-order chi connectivity index (χ1) is 11.7. The Hall–Kier alpha value is -2.81. The van der Waals surface area contributed by atoms with Crippen LogP contribution in [0.5, 0.6) is 11.5 Å². The number of hydrogen-bond acceptors (Lipinski definition) is 3. The summed E-state index contributed by atoms with van der Waals surface area (Å²) in [4.78, 5) is 10.9. The zero-order chi connectivity index (χ0) is 17.1. The molecule has 3 rings (SSSR count). The van der Waals surface area contributed by atoms with Crippen LogP contribution in [0.15, 0.2) is 48.5 Å². The van der Waals surface area contributed by atoms with E-state index < -0.39 is 0 Å². The van der Waals surface area contributed by atoms with Gasteiger partial charge in [0.15, 0.2) is 0 Å². The molecule has 0 saturated carbocycles. The van der Waals surface area contributed by atoms with Crippen LogP contribution in [-0.4, -0.2) is 20.5 Å². The smallest absolute Gasteiger partial charge is 0.130 e. The zero-order valence-electron chi connectivity index (χ0n) is 14.1. The van der Waals surface area contributed by atoms with Crippen LogP contribution in [0, 0.1) is 6.92 Å². The lowest BCUT2D eigenvalue weighted by molar-refractivity contribution is -0.107. The largest absolute Gasteiger partial charge is 0.496 e. The Kier molecular flexibility index (Phi) is 4.52. The van der Waals surface area contributed by atoms with Gasteiger partial charge in [0.25, 0.3) is 0 Å². The van der Waals surface area contributed by atoms with Crippen molar-refractivity contribution in [2.24, 2.45) is 0 Å². The van der Waals surface area contributed by atoms with Crippen LogP contribution in [0.3, 0.4) is 0 Å². The maximum absolute atomic E-state index is 10.9. The van der Waals surface area contributed by atoms with Gasteiger partial charge in [0.05, 0.1) is 19.8 Å². The zero-order valence-corrected chi connectivity index (χ0v) is 14.1. The fourth-order valence-corrected chi connectivity index (χ4v) is 3.13. The second-order valence-corrected chi connectivity index (χ2v) is 5.72. The molecule has 0 radical (unpaired) electrons. The lowest BCUT2D eigenvalue weighted by Crippen LogP contribution is -1.97. The van der Waals surface area contributed by atoms with Gasteiger partial charge in [0.2, 0.25) is 0 Å². The van der Waals surface area contributed by atoms with Gasteiger partial charge >= 0.3 is 0 Å². The predicted octanol–water partition coefficient (Wildman–Crippen LogP) is 4.57. The Morgan fingerprint density at radius 1 is 0.917 bits per heavy atom. The molecule has 3 nitrogen and oxygen atoms in total. The topological polar surface area (TPSA) is 35.5 Å². The lowest BCUT2D eigenvalue weighted by Gasteiger charge is -2.17. The molecule has 0 heterocycles. The highest BCUT2D eigenvalue weighted by Crippen LogP contribution is 2.42. The molecule has 0 aliphatic carbocycles. The number of hydrogen-bond donors (Lipinski definition) is 0. The minimum Gasteiger partial charge on any atom is -0.496 e. The number of rotatable bonds is 5. The number of ether oxygens (including phenoxy) is 2. The molecular weight excluding hydrogens is 300 g/mol. The highest BCUT2D eigenvalue weighted by Gasteiger charge is 2.17. The van der Waals surface area contributed by atoms with Crippen molar-refractivity contribution in [3.63, 3.8) is 0 Å². The highest BCUT2D eigenvalue weighted by atomic mass is 16.5. The third-order valence-electron chi connectivity index (χ3n) is 4.29. The number of benzene rings is 3. The number of carbonyl (C=O) groups excluding carboxylic acids is 1. The van der Waals surface area contributed by atoms with Crippen molar-refractivity contribution in [1.82, 2.24) is 0 Å². The van der Waals surface area contributed by atoms with Crippen LogP contribution in [0.4, 0.5) is 0 Å². The van der Waals surface area contributed by atoms with Crippen LogP contribution in [0.1, 0.15) is 11.1 Å². The van der Waals surface area contributed by atoms with E-state index in [9.17, 15) is 4.79 Å². The minimum absolute atomic E-state index is 0.335. The Labute approximate surface area is 141 Å². The number of carbonyl (C=O) groups is 1. The molecule has 0 bridgehead atoms. The Morgan fingerprint density at radius 2 is 1.54 bits per heavy atom.